The maximum Gasteiger partial charge on any atom is 0.422 e. The highest BCUT2D eigenvalue weighted by molar-refractivity contribution is 5.30. The smallest absolute Gasteiger partial charge is 0.206 e. The van der Waals surface area contributed by atoms with Gasteiger partial charge in [0.2, 0.25) is 0 Å². The van der Waals surface area contributed by atoms with Gasteiger partial charge in [-0.3, -0.25) is 0 Å². The summed E-state index contributed by atoms with van der Waals surface area (Å²) in [5.74, 6) is -0.877. The molecule has 5 heteroatoms. The Morgan fingerprint density at radius 1 is 0.833 bits per heavy atom. The summed E-state index contributed by atoms with van der Waals surface area (Å²) in [5.41, 5.74) is -1.40. The van der Waals surface area contributed by atoms with Crippen LogP contribution in [0.1, 0.15) is 94.6 Å². The van der Waals surface area contributed by atoms with Crippen LogP contribution in [0.2, 0.25) is 0 Å². The zero-order chi connectivity index (χ0) is 21.7. The molecule has 1 aromatic rings. The Bertz CT molecular complexity index is 682. The molecule has 0 spiro atoms. The number of benzene rings is 1. The molecule has 0 aromatic heterocycles. The van der Waals surface area contributed by atoms with Crippen LogP contribution >= 0.6 is 0 Å². The van der Waals surface area contributed by atoms with Gasteiger partial charge in [-0.2, -0.15) is 13.2 Å². The topological polar surface area (TPSA) is 0 Å². The van der Waals surface area contributed by atoms with Crippen molar-refractivity contribution in [2.75, 3.05) is 0 Å². The molecule has 30 heavy (non-hydrogen) atoms. The number of allylic oxidation sites excluding steroid dienone is 2. The van der Waals surface area contributed by atoms with Gasteiger partial charge in [0.05, 0.1) is 0 Å². The molecular weight excluding hydrogens is 395 g/mol. The first-order valence-corrected chi connectivity index (χ1v) is 11.5. The van der Waals surface area contributed by atoms with E-state index in [4.69, 9.17) is 0 Å². The van der Waals surface area contributed by atoms with Crippen molar-refractivity contribution in [1.82, 2.24) is 0 Å². The van der Waals surface area contributed by atoms with Crippen LogP contribution in [0, 0.1) is 29.4 Å². The van der Waals surface area contributed by atoms with E-state index in [1.807, 2.05) is 0 Å². The predicted molar refractivity (Wildman–Crippen MR) is 110 cm³/mol. The van der Waals surface area contributed by atoms with Crippen molar-refractivity contribution in [3.8, 4) is 0 Å². The van der Waals surface area contributed by atoms with Gasteiger partial charge in [-0.15, -0.1) is 0 Å². The minimum Gasteiger partial charge on any atom is -0.206 e. The predicted octanol–water partition coefficient (Wildman–Crippen LogP) is 8.81. The van der Waals surface area contributed by atoms with E-state index in [2.05, 4.69) is 19.1 Å². The SMILES string of the molecule is CCC/C=C/CC1CCC(C2CCC(c3cc(F)c(C(F)(F)F)c(F)c3)CC2)CC1. The van der Waals surface area contributed by atoms with Crippen molar-refractivity contribution in [3.63, 3.8) is 0 Å². The number of rotatable bonds is 6. The molecule has 1 aromatic carbocycles. The monoisotopic (exact) mass is 428 g/mol. The van der Waals surface area contributed by atoms with Crippen LogP contribution in [0.15, 0.2) is 24.3 Å². The fraction of sp³-hybridized carbons (Fsp3) is 0.680. The number of hydrogen-bond donors (Lipinski definition) is 0. The third kappa shape index (κ3) is 5.85. The zero-order valence-electron chi connectivity index (χ0n) is 17.8. The quantitative estimate of drug-likeness (QED) is 0.314. The maximum atomic E-state index is 13.9. The zero-order valence-corrected chi connectivity index (χ0v) is 17.8. The third-order valence-corrected chi connectivity index (χ3v) is 7.24. The molecule has 2 fully saturated rings. The van der Waals surface area contributed by atoms with E-state index in [1.54, 1.807) is 0 Å². The molecule has 0 aliphatic heterocycles. The Hall–Kier alpha value is -1.39. The Balaban J connectivity index is 1.50. The van der Waals surface area contributed by atoms with Crippen LogP contribution in [-0.4, -0.2) is 0 Å². The summed E-state index contributed by atoms with van der Waals surface area (Å²) in [6, 6.07) is 1.79. The second kappa shape index (κ2) is 10.3. The van der Waals surface area contributed by atoms with Gasteiger partial charge in [0.1, 0.15) is 17.2 Å². The van der Waals surface area contributed by atoms with E-state index in [-0.39, 0.29) is 5.92 Å². The molecule has 0 saturated heterocycles. The van der Waals surface area contributed by atoms with E-state index >= 15 is 0 Å². The van der Waals surface area contributed by atoms with Crippen LogP contribution in [-0.2, 0) is 6.18 Å². The summed E-state index contributed by atoms with van der Waals surface area (Å²) in [7, 11) is 0. The van der Waals surface area contributed by atoms with Crippen molar-refractivity contribution >= 4 is 0 Å². The van der Waals surface area contributed by atoms with E-state index in [1.165, 1.54) is 38.5 Å². The van der Waals surface area contributed by atoms with Crippen molar-refractivity contribution in [1.29, 1.82) is 0 Å². The lowest BCUT2D eigenvalue weighted by Crippen LogP contribution is -2.25. The van der Waals surface area contributed by atoms with Crippen molar-refractivity contribution in [2.24, 2.45) is 17.8 Å². The first-order valence-electron chi connectivity index (χ1n) is 11.5. The summed E-state index contributed by atoms with van der Waals surface area (Å²) >= 11 is 0. The first kappa shape index (κ1) is 23.3. The minimum atomic E-state index is -5.00. The molecule has 0 N–H and O–H groups in total. The van der Waals surface area contributed by atoms with Gasteiger partial charge in [0.25, 0.3) is 0 Å². The molecule has 0 heterocycles. The van der Waals surface area contributed by atoms with Gasteiger partial charge in [-0.25, -0.2) is 8.78 Å². The fourth-order valence-corrected chi connectivity index (χ4v) is 5.49. The largest absolute Gasteiger partial charge is 0.422 e. The highest BCUT2D eigenvalue weighted by atomic mass is 19.4. The van der Waals surface area contributed by atoms with Gasteiger partial charge in [0.15, 0.2) is 0 Å². The Labute approximate surface area is 176 Å². The Morgan fingerprint density at radius 2 is 1.37 bits per heavy atom. The van der Waals surface area contributed by atoms with Crippen LogP contribution in [0.4, 0.5) is 22.0 Å². The maximum absolute atomic E-state index is 13.9. The minimum absolute atomic E-state index is 0.0485. The molecule has 0 radical (unpaired) electrons. The highest BCUT2D eigenvalue weighted by Gasteiger charge is 2.39. The third-order valence-electron chi connectivity index (χ3n) is 7.24. The molecule has 0 bridgehead atoms. The average molecular weight is 429 g/mol. The van der Waals surface area contributed by atoms with Crippen LogP contribution in [0.25, 0.3) is 0 Å². The van der Waals surface area contributed by atoms with E-state index in [0.717, 1.165) is 56.1 Å². The lowest BCUT2D eigenvalue weighted by molar-refractivity contribution is -0.142. The molecule has 2 saturated carbocycles. The standard InChI is InChI=1S/C25H33F5/c1-2-3-4-5-6-17-7-9-18(10-8-17)19-11-13-20(14-12-19)21-15-22(26)24(23(27)16-21)25(28,29)30/h4-5,15-20H,2-3,6-14H2,1H3/b5-4+. The van der Waals surface area contributed by atoms with Crippen LogP contribution < -0.4 is 0 Å². The van der Waals surface area contributed by atoms with Gasteiger partial charge in [-0.05, 0) is 106 Å². The van der Waals surface area contributed by atoms with E-state index < -0.39 is 23.4 Å². The summed E-state index contributed by atoms with van der Waals surface area (Å²) in [5, 5.41) is 0. The first-order chi connectivity index (χ1) is 14.3. The summed E-state index contributed by atoms with van der Waals surface area (Å²) < 4.78 is 66.2. The number of alkyl halides is 3. The molecule has 0 nitrogen and oxygen atoms in total. The number of hydrogen-bond acceptors (Lipinski definition) is 0. The van der Waals surface area contributed by atoms with Crippen molar-refractivity contribution in [3.05, 3.63) is 47.0 Å². The molecule has 0 unspecified atom stereocenters. The Kier molecular flexibility index (Phi) is 7.98. The van der Waals surface area contributed by atoms with Crippen LogP contribution in [0.3, 0.4) is 0 Å². The molecule has 2 aliphatic carbocycles. The molecular formula is C25H33F5. The van der Waals surface area contributed by atoms with Gasteiger partial charge in [0, 0.05) is 0 Å². The van der Waals surface area contributed by atoms with Gasteiger partial charge in [-0.1, -0.05) is 25.5 Å². The number of unbranched alkanes of at least 4 members (excludes halogenated alkanes) is 1. The molecule has 168 valence electrons. The lowest BCUT2D eigenvalue weighted by atomic mass is 9.68. The fourth-order valence-electron chi connectivity index (χ4n) is 5.49. The van der Waals surface area contributed by atoms with E-state index in [0.29, 0.717) is 11.5 Å². The Morgan fingerprint density at radius 3 is 1.87 bits per heavy atom. The molecule has 0 atom stereocenters. The van der Waals surface area contributed by atoms with Crippen molar-refractivity contribution < 1.29 is 22.0 Å². The molecule has 2 aliphatic rings. The van der Waals surface area contributed by atoms with Crippen molar-refractivity contribution in [2.45, 2.75) is 89.6 Å². The summed E-state index contributed by atoms with van der Waals surface area (Å²) in [4.78, 5) is 0. The summed E-state index contributed by atoms with van der Waals surface area (Å²) in [6.45, 7) is 2.19. The molecule has 3 rings (SSSR count). The van der Waals surface area contributed by atoms with Gasteiger partial charge < -0.3 is 0 Å². The second-order valence-electron chi connectivity index (χ2n) is 9.25. The summed E-state index contributed by atoms with van der Waals surface area (Å²) in [6.07, 6.45) is 11.8. The average Bonchev–Trinajstić information content (AvgIpc) is 2.70. The second-order valence-corrected chi connectivity index (χ2v) is 9.25. The van der Waals surface area contributed by atoms with Gasteiger partial charge >= 0.3 is 6.18 Å². The highest BCUT2D eigenvalue weighted by Crippen LogP contribution is 2.45. The van der Waals surface area contributed by atoms with Crippen LogP contribution in [0.5, 0.6) is 0 Å². The normalized spacial score (nSPS) is 28.2. The lowest BCUT2D eigenvalue weighted by Gasteiger charge is -2.38. The van der Waals surface area contributed by atoms with E-state index in [9.17, 15) is 22.0 Å². The number of halogens is 5. The molecule has 0 amide bonds.